The van der Waals surface area contributed by atoms with Gasteiger partial charge >= 0.3 is 0 Å². The molecular weight excluding hydrogens is 318 g/mol. The van der Waals surface area contributed by atoms with E-state index in [1.165, 1.54) is 23.1 Å². The van der Waals surface area contributed by atoms with Crippen LogP contribution < -0.4 is 10.6 Å². The van der Waals surface area contributed by atoms with Gasteiger partial charge in [-0.3, -0.25) is 14.9 Å². The number of rotatable bonds is 6. The highest BCUT2D eigenvalue weighted by atomic mass is 32.2. The molecule has 0 atom stereocenters. The van der Waals surface area contributed by atoms with Crippen LogP contribution in [0.15, 0.2) is 40.7 Å². The zero-order chi connectivity index (χ0) is 15.9. The van der Waals surface area contributed by atoms with Crippen LogP contribution in [0.2, 0.25) is 0 Å². The lowest BCUT2D eigenvalue weighted by Crippen LogP contribution is -2.31. The summed E-state index contributed by atoms with van der Waals surface area (Å²) >= 11 is 2.71. The maximum atomic E-state index is 12.3. The Labute approximate surface area is 137 Å². The SMILES string of the molecule is CC(C)NC(=O)CSc1ccccc1C(=O)Nc1nccs1. The second-order valence-electron chi connectivity index (χ2n) is 4.80. The van der Waals surface area contributed by atoms with E-state index in [9.17, 15) is 9.59 Å². The summed E-state index contributed by atoms with van der Waals surface area (Å²) in [6.07, 6.45) is 1.64. The molecule has 0 radical (unpaired) electrons. The molecule has 1 heterocycles. The van der Waals surface area contributed by atoms with Crippen LogP contribution in [0.1, 0.15) is 24.2 Å². The molecule has 0 spiro atoms. The molecule has 0 saturated heterocycles. The van der Waals surface area contributed by atoms with Crippen molar-refractivity contribution in [3.05, 3.63) is 41.4 Å². The molecule has 22 heavy (non-hydrogen) atoms. The molecule has 0 unspecified atom stereocenters. The number of nitrogens with one attached hydrogen (secondary N) is 2. The molecule has 2 amide bonds. The Morgan fingerprint density at radius 1 is 1.32 bits per heavy atom. The summed E-state index contributed by atoms with van der Waals surface area (Å²) in [6.45, 7) is 3.83. The third-order valence-electron chi connectivity index (χ3n) is 2.59. The number of amides is 2. The van der Waals surface area contributed by atoms with Crippen molar-refractivity contribution < 1.29 is 9.59 Å². The number of hydrogen-bond acceptors (Lipinski definition) is 5. The van der Waals surface area contributed by atoms with E-state index in [1.807, 2.05) is 26.0 Å². The minimum Gasteiger partial charge on any atom is -0.353 e. The smallest absolute Gasteiger partial charge is 0.258 e. The number of carbonyl (C=O) groups is 2. The highest BCUT2D eigenvalue weighted by Gasteiger charge is 2.14. The Bertz CT molecular complexity index is 642. The maximum absolute atomic E-state index is 12.3. The number of aromatic nitrogens is 1. The van der Waals surface area contributed by atoms with Crippen molar-refractivity contribution in [3.8, 4) is 0 Å². The fourth-order valence-corrected chi connectivity index (χ4v) is 3.12. The minimum absolute atomic E-state index is 0.0462. The molecule has 2 aromatic rings. The van der Waals surface area contributed by atoms with Gasteiger partial charge in [0.1, 0.15) is 0 Å². The third kappa shape index (κ3) is 4.85. The number of anilines is 1. The fraction of sp³-hybridized carbons (Fsp3) is 0.267. The molecule has 0 aliphatic carbocycles. The Hall–Kier alpha value is -1.86. The molecular formula is C15H17N3O2S2. The first-order valence-electron chi connectivity index (χ1n) is 6.78. The molecule has 7 heteroatoms. The van der Waals surface area contributed by atoms with E-state index in [2.05, 4.69) is 15.6 Å². The van der Waals surface area contributed by atoms with Crippen molar-refractivity contribution in [1.29, 1.82) is 0 Å². The number of nitrogens with zero attached hydrogens (tertiary/aromatic N) is 1. The highest BCUT2D eigenvalue weighted by Crippen LogP contribution is 2.23. The number of thiazole rings is 1. The molecule has 2 N–H and O–H groups in total. The molecule has 0 aliphatic rings. The first-order valence-corrected chi connectivity index (χ1v) is 8.65. The van der Waals surface area contributed by atoms with Crippen LogP contribution in [0.5, 0.6) is 0 Å². The number of thioether (sulfide) groups is 1. The van der Waals surface area contributed by atoms with E-state index in [1.54, 1.807) is 23.7 Å². The predicted molar refractivity (Wildman–Crippen MR) is 90.5 cm³/mol. The van der Waals surface area contributed by atoms with Gasteiger partial charge in [0.2, 0.25) is 5.91 Å². The number of carbonyl (C=O) groups excluding carboxylic acids is 2. The van der Waals surface area contributed by atoms with Gasteiger partial charge in [0.05, 0.1) is 11.3 Å². The van der Waals surface area contributed by atoms with Crippen molar-refractivity contribution in [2.24, 2.45) is 0 Å². The Balaban J connectivity index is 2.03. The molecule has 2 rings (SSSR count). The summed E-state index contributed by atoms with van der Waals surface area (Å²) in [7, 11) is 0. The molecule has 116 valence electrons. The van der Waals surface area contributed by atoms with E-state index in [-0.39, 0.29) is 23.6 Å². The van der Waals surface area contributed by atoms with Crippen LogP contribution in [0.25, 0.3) is 0 Å². The fourth-order valence-electron chi connectivity index (χ4n) is 1.74. The molecule has 1 aromatic carbocycles. The molecule has 0 bridgehead atoms. The van der Waals surface area contributed by atoms with Gasteiger partial charge < -0.3 is 5.32 Å². The summed E-state index contributed by atoms with van der Waals surface area (Å²) < 4.78 is 0. The average molecular weight is 335 g/mol. The van der Waals surface area contributed by atoms with Gasteiger partial charge in [-0.15, -0.1) is 23.1 Å². The van der Waals surface area contributed by atoms with Crippen LogP contribution in [-0.4, -0.2) is 28.6 Å². The van der Waals surface area contributed by atoms with Crippen molar-refractivity contribution >= 4 is 40.0 Å². The molecule has 0 fully saturated rings. The first-order chi connectivity index (χ1) is 10.6. The number of hydrogen-bond donors (Lipinski definition) is 2. The van der Waals surface area contributed by atoms with E-state index in [4.69, 9.17) is 0 Å². The summed E-state index contributed by atoms with van der Waals surface area (Å²) in [6, 6.07) is 7.34. The van der Waals surface area contributed by atoms with Crippen LogP contribution in [-0.2, 0) is 4.79 Å². The molecule has 0 aliphatic heterocycles. The van der Waals surface area contributed by atoms with Crippen molar-refractivity contribution in [2.75, 3.05) is 11.1 Å². The van der Waals surface area contributed by atoms with E-state index in [0.29, 0.717) is 10.7 Å². The van der Waals surface area contributed by atoms with Gasteiger partial charge in [-0.05, 0) is 26.0 Å². The summed E-state index contributed by atoms with van der Waals surface area (Å²) in [5, 5.41) is 7.94. The predicted octanol–water partition coefficient (Wildman–Crippen LogP) is 3.01. The summed E-state index contributed by atoms with van der Waals surface area (Å²) in [5.41, 5.74) is 0.542. The summed E-state index contributed by atoms with van der Waals surface area (Å²) in [5.74, 6) is 0.0113. The van der Waals surface area contributed by atoms with Gasteiger partial charge in [-0.2, -0.15) is 0 Å². The van der Waals surface area contributed by atoms with E-state index >= 15 is 0 Å². The first kappa shape index (κ1) is 16.5. The molecule has 1 aromatic heterocycles. The van der Waals surface area contributed by atoms with Crippen molar-refractivity contribution in [2.45, 2.75) is 24.8 Å². The van der Waals surface area contributed by atoms with Crippen LogP contribution in [0, 0.1) is 0 Å². The Kier molecular flexibility index (Phi) is 5.97. The molecule has 5 nitrogen and oxygen atoms in total. The standard InChI is InChI=1S/C15H17N3O2S2/c1-10(2)17-13(19)9-22-12-6-4-3-5-11(12)14(20)18-15-16-7-8-21-15/h3-8,10H,9H2,1-2H3,(H,17,19)(H,16,18,20). The normalized spacial score (nSPS) is 10.5. The second kappa shape index (κ2) is 7.95. The quantitative estimate of drug-likeness (QED) is 0.796. The average Bonchev–Trinajstić information content (AvgIpc) is 2.97. The summed E-state index contributed by atoms with van der Waals surface area (Å²) in [4.78, 5) is 28.8. The Morgan fingerprint density at radius 3 is 2.77 bits per heavy atom. The van der Waals surface area contributed by atoms with Crippen LogP contribution >= 0.6 is 23.1 Å². The lowest BCUT2D eigenvalue weighted by atomic mass is 10.2. The lowest BCUT2D eigenvalue weighted by molar-refractivity contribution is -0.119. The zero-order valence-electron chi connectivity index (χ0n) is 12.3. The maximum Gasteiger partial charge on any atom is 0.258 e. The van der Waals surface area contributed by atoms with Crippen LogP contribution in [0.3, 0.4) is 0 Å². The monoisotopic (exact) mass is 335 g/mol. The second-order valence-corrected chi connectivity index (χ2v) is 6.71. The van der Waals surface area contributed by atoms with Gasteiger partial charge in [-0.25, -0.2) is 4.98 Å². The number of benzene rings is 1. The van der Waals surface area contributed by atoms with Gasteiger partial charge in [0.25, 0.3) is 5.91 Å². The van der Waals surface area contributed by atoms with Crippen molar-refractivity contribution in [1.82, 2.24) is 10.3 Å². The van der Waals surface area contributed by atoms with Crippen molar-refractivity contribution in [3.63, 3.8) is 0 Å². The van der Waals surface area contributed by atoms with Gasteiger partial charge in [-0.1, -0.05) is 12.1 Å². The zero-order valence-corrected chi connectivity index (χ0v) is 14.0. The third-order valence-corrected chi connectivity index (χ3v) is 4.35. The Morgan fingerprint density at radius 2 is 2.09 bits per heavy atom. The largest absolute Gasteiger partial charge is 0.353 e. The topological polar surface area (TPSA) is 71.1 Å². The molecule has 0 saturated carbocycles. The van der Waals surface area contributed by atoms with E-state index in [0.717, 1.165) is 4.90 Å². The van der Waals surface area contributed by atoms with Gasteiger partial charge in [0, 0.05) is 22.5 Å². The minimum atomic E-state index is -0.220. The highest BCUT2D eigenvalue weighted by molar-refractivity contribution is 8.00. The van der Waals surface area contributed by atoms with Gasteiger partial charge in [0.15, 0.2) is 5.13 Å². The van der Waals surface area contributed by atoms with E-state index < -0.39 is 0 Å². The van der Waals surface area contributed by atoms with Crippen LogP contribution in [0.4, 0.5) is 5.13 Å². The lowest BCUT2D eigenvalue weighted by Gasteiger charge is -2.10.